The smallest absolute Gasteiger partial charge is 0.311 e. The van der Waals surface area contributed by atoms with Crippen LogP contribution in [0.5, 0.6) is 0 Å². The van der Waals surface area contributed by atoms with Crippen molar-refractivity contribution in [1.82, 2.24) is 15.1 Å². The Morgan fingerprint density at radius 1 is 1.12 bits per heavy atom. The highest BCUT2D eigenvalue weighted by Gasteiger charge is 2.24. The number of hydrogen-bond acceptors (Lipinski definition) is 3. The molecule has 0 saturated carbocycles. The van der Waals surface area contributed by atoms with Crippen LogP contribution >= 0.6 is 0 Å². The molecule has 1 aliphatic heterocycles. The molecule has 2 amide bonds. The molecule has 1 heterocycles. The van der Waals surface area contributed by atoms with Crippen LogP contribution < -0.4 is 5.32 Å². The van der Waals surface area contributed by atoms with Crippen LogP contribution in [0.3, 0.4) is 0 Å². The molecule has 0 aliphatic carbocycles. The SMILES string of the molecule is CCCNC(=O)C(=O)N1CCN(CC)CC1. The highest BCUT2D eigenvalue weighted by molar-refractivity contribution is 6.35. The largest absolute Gasteiger partial charge is 0.348 e. The second kappa shape index (κ2) is 6.48. The standard InChI is InChI=1S/C11H21N3O2/c1-3-5-12-10(15)11(16)14-8-6-13(4-2)7-9-14/h3-9H2,1-2H3,(H,12,15). The molecule has 1 saturated heterocycles. The van der Waals surface area contributed by atoms with Crippen LogP contribution in [0.4, 0.5) is 0 Å². The molecule has 0 radical (unpaired) electrons. The Balaban J connectivity index is 2.35. The van der Waals surface area contributed by atoms with Crippen molar-refractivity contribution >= 4 is 11.8 Å². The van der Waals surface area contributed by atoms with Crippen molar-refractivity contribution in [2.45, 2.75) is 20.3 Å². The minimum Gasteiger partial charge on any atom is -0.348 e. The highest BCUT2D eigenvalue weighted by Crippen LogP contribution is 2.01. The van der Waals surface area contributed by atoms with Crippen LogP contribution in [0.15, 0.2) is 0 Å². The van der Waals surface area contributed by atoms with E-state index >= 15 is 0 Å². The van der Waals surface area contributed by atoms with Crippen molar-refractivity contribution in [3.63, 3.8) is 0 Å². The van der Waals surface area contributed by atoms with E-state index in [1.165, 1.54) is 0 Å². The lowest BCUT2D eigenvalue weighted by Crippen LogP contribution is -2.52. The molecule has 1 aliphatic rings. The van der Waals surface area contributed by atoms with Crippen molar-refractivity contribution in [1.29, 1.82) is 0 Å². The summed E-state index contributed by atoms with van der Waals surface area (Å²) in [4.78, 5) is 27.0. The van der Waals surface area contributed by atoms with Crippen molar-refractivity contribution in [3.05, 3.63) is 0 Å². The van der Waals surface area contributed by atoms with Gasteiger partial charge in [-0.2, -0.15) is 0 Å². The molecular formula is C11H21N3O2. The molecule has 5 nitrogen and oxygen atoms in total. The third-order valence-electron chi connectivity index (χ3n) is 2.84. The number of nitrogens with one attached hydrogen (secondary N) is 1. The highest BCUT2D eigenvalue weighted by atomic mass is 16.2. The van der Waals surface area contributed by atoms with E-state index in [-0.39, 0.29) is 5.91 Å². The Labute approximate surface area is 96.8 Å². The van der Waals surface area contributed by atoms with Gasteiger partial charge in [0.05, 0.1) is 0 Å². The predicted octanol–water partition coefficient (Wildman–Crippen LogP) is -0.323. The van der Waals surface area contributed by atoms with E-state index in [1.54, 1.807) is 4.90 Å². The zero-order valence-electron chi connectivity index (χ0n) is 10.2. The van der Waals surface area contributed by atoms with E-state index in [0.29, 0.717) is 19.6 Å². The summed E-state index contributed by atoms with van der Waals surface area (Å²) < 4.78 is 0. The maximum Gasteiger partial charge on any atom is 0.311 e. The average Bonchev–Trinajstić information content (AvgIpc) is 2.35. The fraction of sp³-hybridized carbons (Fsp3) is 0.818. The molecule has 92 valence electrons. The van der Waals surface area contributed by atoms with Gasteiger partial charge < -0.3 is 15.1 Å². The minimum atomic E-state index is -0.466. The van der Waals surface area contributed by atoms with Crippen molar-refractivity contribution in [2.24, 2.45) is 0 Å². The molecule has 1 fully saturated rings. The van der Waals surface area contributed by atoms with Gasteiger partial charge in [-0.3, -0.25) is 9.59 Å². The zero-order valence-corrected chi connectivity index (χ0v) is 10.2. The predicted molar refractivity (Wildman–Crippen MR) is 62.0 cm³/mol. The normalized spacial score (nSPS) is 17.2. The molecule has 0 spiro atoms. The Hall–Kier alpha value is -1.10. The Morgan fingerprint density at radius 3 is 2.25 bits per heavy atom. The molecule has 0 atom stereocenters. The number of hydrogen-bond donors (Lipinski definition) is 1. The van der Waals surface area contributed by atoms with E-state index < -0.39 is 5.91 Å². The number of piperazine rings is 1. The first kappa shape index (κ1) is 13.0. The van der Waals surface area contributed by atoms with E-state index in [0.717, 1.165) is 26.1 Å². The van der Waals surface area contributed by atoms with Gasteiger partial charge in [-0.1, -0.05) is 13.8 Å². The van der Waals surface area contributed by atoms with Crippen LogP contribution in [0.25, 0.3) is 0 Å². The first-order chi connectivity index (χ1) is 7.69. The molecule has 0 bridgehead atoms. The summed E-state index contributed by atoms with van der Waals surface area (Å²) in [5, 5.41) is 2.61. The quantitative estimate of drug-likeness (QED) is 0.672. The van der Waals surface area contributed by atoms with Crippen molar-refractivity contribution < 1.29 is 9.59 Å². The number of likely N-dealkylation sites (N-methyl/N-ethyl adjacent to an activating group) is 1. The van der Waals surface area contributed by atoms with E-state index in [4.69, 9.17) is 0 Å². The molecular weight excluding hydrogens is 206 g/mol. The van der Waals surface area contributed by atoms with Gasteiger partial charge in [0.25, 0.3) is 0 Å². The molecule has 0 aromatic carbocycles. The zero-order chi connectivity index (χ0) is 12.0. The number of amides is 2. The van der Waals surface area contributed by atoms with Crippen molar-refractivity contribution in [3.8, 4) is 0 Å². The number of nitrogens with zero attached hydrogens (tertiary/aromatic N) is 2. The van der Waals surface area contributed by atoms with E-state index in [2.05, 4.69) is 17.1 Å². The second-order valence-electron chi connectivity index (χ2n) is 3.98. The third kappa shape index (κ3) is 3.48. The topological polar surface area (TPSA) is 52.7 Å². The van der Waals surface area contributed by atoms with Crippen LogP contribution in [0.2, 0.25) is 0 Å². The van der Waals surface area contributed by atoms with Gasteiger partial charge in [0.2, 0.25) is 0 Å². The first-order valence-corrected chi connectivity index (χ1v) is 5.98. The summed E-state index contributed by atoms with van der Waals surface area (Å²) in [6.07, 6.45) is 0.850. The van der Waals surface area contributed by atoms with Gasteiger partial charge in [-0.15, -0.1) is 0 Å². The van der Waals surface area contributed by atoms with Crippen molar-refractivity contribution in [2.75, 3.05) is 39.3 Å². The van der Waals surface area contributed by atoms with Crippen LogP contribution in [0.1, 0.15) is 20.3 Å². The molecule has 1 N–H and O–H groups in total. The summed E-state index contributed by atoms with van der Waals surface area (Å²) in [5.74, 6) is -0.851. The lowest BCUT2D eigenvalue weighted by Gasteiger charge is -2.33. The number of rotatable bonds is 3. The third-order valence-corrected chi connectivity index (χ3v) is 2.84. The molecule has 1 rings (SSSR count). The molecule has 0 aromatic rings. The monoisotopic (exact) mass is 227 g/mol. The van der Waals surface area contributed by atoms with E-state index in [1.807, 2.05) is 6.92 Å². The van der Waals surface area contributed by atoms with Gasteiger partial charge in [-0.25, -0.2) is 0 Å². The van der Waals surface area contributed by atoms with Gasteiger partial charge in [0, 0.05) is 32.7 Å². The average molecular weight is 227 g/mol. The summed E-state index contributed by atoms with van der Waals surface area (Å²) in [6, 6.07) is 0. The summed E-state index contributed by atoms with van der Waals surface area (Å²) >= 11 is 0. The lowest BCUT2D eigenvalue weighted by atomic mass is 10.3. The van der Waals surface area contributed by atoms with Crippen LogP contribution in [-0.2, 0) is 9.59 Å². The number of carbonyl (C=O) groups excluding carboxylic acids is 2. The maximum atomic E-state index is 11.7. The van der Waals surface area contributed by atoms with Gasteiger partial charge in [0.1, 0.15) is 0 Å². The van der Waals surface area contributed by atoms with Crippen LogP contribution in [-0.4, -0.2) is 60.9 Å². The van der Waals surface area contributed by atoms with Crippen LogP contribution in [0, 0.1) is 0 Å². The Morgan fingerprint density at radius 2 is 1.75 bits per heavy atom. The van der Waals surface area contributed by atoms with Gasteiger partial charge in [-0.05, 0) is 13.0 Å². The first-order valence-electron chi connectivity index (χ1n) is 5.98. The lowest BCUT2D eigenvalue weighted by molar-refractivity contribution is -0.146. The minimum absolute atomic E-state index is 0.385. The fourth-order valence-corrected chi connectivity index (χ4v) is 1.72. The van der Waals surface area contributed by atoms with Gasteiger partial charge in [0.15, 0.2) is 0 Å². The fourth-order valence-electron chi connectivity index (χ4n) is 1.72. The summed E-state index contributed by atoms with van der Waals surface area (Å²) in [5.41, 5.74) is 0. The summed E-state index contributed by atoms with van der Waals surface area (Å²) in [7, 11) is 0. The maximum absolute atomic E-state index is 11.7. The second-order valence-corrected chi connectivity index (χ2v) is 3.98. The molecule has 0 unspecified atom stereocenters. The molecule has 16 heavy (non-hydrogen) atoms. The van der Waals surface area contributed by atoms with Gasteiger partial charge >= 0.3 is 11.8 Å². The van der Waals surface area contributed by atoms with E-state index in [9.17, 15) is 9.59 Å². The Bertz CT molecular complexity index is 248. The Kier molecular flexibility index (Phi) is 5.25. The summed E-state index contributed by atoms with van der Waals surface area (Å²) in [6.45, 7) is 8.69. The molecule has 5 heteroatoms. The molecule has 0 aromatic heterocycles. The number of carbonyl (C=O) groups is 2.